The molecule has 0 bridgehead atoms. The van der Waals surface area contributed by atoms with Crippen LogP contribution < -0.4 is 0 Å². The smallest absolute Gasteiger partial charge is 0.339 e. The van der Waals surface area contributed by atoms with E-state index in [0.29, 0.717) is 11.3 Å². The molecule has 6 nitrogen and oxygen atoms in total. The van der Waals surface area contributed by atoms with Gasteiger partial charge in [-0.15, -0.1) is 0 Å². The highest BCUT2D eigenvalue weighted by Gasteiger charge is 2.07. The van der Waals surface area contributed by atoms with Gasteiger partial charge < -0.3 is 4.74 Å². The summed E-state index contributed by atoms with van der Waals surface area (Å²) in [6, 6.07) is 1.61. The highest BCUT2D eigenvalue weighted by atomic mass is 16.5. The number of methoxy groups -OCH3 is 1. The van der Waals surface area contributed by atoms with Crippen LogP contribution in [0.25, 0.3) is 5.69 Å². The van der Waals surface area contributed by atoms with Gasteiger partial charge in [-0.2, -0.15) is 15.0 Å². The summed E-state index contributed by atoms with van der Waals surface area (Å²) in [5.41, 5.74) is 0.982. The molecule has 2 aromatic rings. The zero-order valence-corrected chi connectivity index (χ0v) is 7.99. The van der Waals surface area contributed by atoms with Gasteiger partial charge in [0.2, 0.25) is 0 Å². The van der Waals surface area contributed by atoms with Gasteiger partial charge in [0.25, 0.3) is 0 Å². The predicted molar refractivity (Wildman–Crippen MR) is 50.5 cm³/mol. The van der Waals surface area contributed by atoms with Gasteiger partial charge in [0.05, 0.1) is 31.3 Å². The number of esters is 1. The SMILES string of the molecule is COC(=O)c1cncc(-n2nccn2)c1. The third-order valence-corrected chi connectivity index (χ3v) is 1.79. The van der Waals surface area contributed by atoms with Crippen molar-refractivity contribution < 1.29 is 9.53 Å². The number of pyridine rings is 1. The Morgan fingerprint density at radius 3 is 2.73 bits per heavy atom. The molecule has 76 valence electrons. The Kier molecular flexibility index (Phi) is 2.40. The van der Waals surface area contributed by atoms with Gasteiger partial charge in [0, 0.05) is 6.20 Å². The second-order valence-corrected chi connectivity index (χ2v) is 2.74. The molecule has 2 heterocycles. The zero-order valence-electron chi connectivity index (χ0n) is 7.99. The quantitative estimate of drug-likeness (QED) is 0.664. The molecule has 0 unspecified atom stereocenters. The Labute approximate surface area is 85.5 Å². The summed E-state index contributed by atoms with van der Waals surface area (Å²) in [5, 5.41) is 7.85. The number of rotatable bonds is 2. The topological polar surface area (TPSA) is 69.9 Å². The maximum atomic E-state index is 11.2. The Balaban J connectivity index is 2.39. The summed E-state index contributed by atoms with van der Waals surface area (Å²) in [6.07, 6.45) is 6.08. The molecule has 0 N–H and O–H groups in total. The van der Waals surface area contributed by atoms with E-state index in [1.165, 1.54) is 18.1 Å². The molecular formula is C9H8N4O2. The van der Waals surface area contributed by atoms with Gasteiger partial charge in [-0.1, -0.05) is 0 Å². The molecule has 15 heavy (non-hydrogen) atoms. The average Bonchev–Trinajstić information content (AvgIpc) is 2.82. The number of carbonyl (C=O) groups excluding carboxylic acids is 1. The molecule has 0 aliphatic heterocycles. The van der Waals surface area contributed by atoms with Crippen molar-refractivity contribution in [2.45, 2.75) is 0 Å². The Bertz CT molecular complexity index is 467. The van der Waals surface area contributed by atoms with E-state index >= 15 is 0 Å². The standard InChI is InChI=1S/C9H8N4O2/c1-15-9(14)7-4-8(6-10-5-7)13-11-2-3-12-13/h2-6H,1H3. The third kappa shape index (κ3) is 1.83. The van der Waals surface area contributed by atoms with Crippen molar-refractivity contribution in [2.75, 3.05) is 7.11 Å². The Morgan fingerprint density at radius 2 is 2.07 bits per heavy atom. The highest BCUT2D eigenvalue weighted by molar-refractivity contribution is 5.89. The third-order valence-electron chi connectivity index (χ3n) is 1.79. The van der Waals surface area contributed by atoms with Crippen molar-refractivity contribution in [3.8, 4) is 5.69 Å². The first kappa shape index (κ1) is 9.32. The molecule has 2 rings (SSSR count). The van der Waals surface area contributed by atoms with Gasteiger partial charge in [-0.3, -0.25) is 4.98 Å². The summed E-state index contributed by atoms with van der Waals surface area (Å²) >= 11 is 0. The summed E-state index contributed by atoms with van der Waals surface area (Å²) in [5.74, 6) is -0.434. The van der Waals surface area contributed by atoms with E-state index in [0.717, 1.165) is 0 Å². The first-order valence-electron chi connectivity index (χ1n) is 4.21. The first-order valence-corrected chi connectivity index (χ1v) is 4.21. The van der Waals surface area contributed by atoms with Crippen LogP contribution in [0.15, 0.2) is 30.9 Å². The largest absolute Gasteiger partial charge is 0.465 e. The number of hydrogen-bond acceptors (Lipinski definition) is 5. The van der Waals surface area contributed by atoms with E-state index in [9.17, 15) is 4.79 Å². The lowest BCUT2D eigenvalue weighted by molar-refractivity contribution is 0.0600. The number of ether oxygens (including phenoxy) is 1. The molecule has 0 aliphatic rings. The van der Waals surface area contributed by atoms with E-state index in [2.05, 4.69) is 19.9 Å². The van der Waals surface area contributed by atoms with E-state index in [4.69, 9.17) is 0 Å². The Hall–Kier alpha value is -2.24. The fourth-order valence-corrected chi connectivity index (χ4v) is 1.12. The fraction of sp³-hybridized carbons (Fsp3) is 0.111. The highest BCUT2D eigenvalue weighted by Crippen LogP contribution is 2.06. The molecule has 0 spiro atoms. The molecule has 0 amide bonds. The maximum Gasteiger partial charge on any atom is 0.339 e. The van der Waals surface area contributed by atoms with Gasteiger partial charge >= 0.3 is 5.97 Å². The monoisotopic (exact) mass is 204 g/mol. The zero-order chi connectivity index (χ0) is 10.7. The van der Waals surface area contributed by atoms with E-state index in [1.807, 2.05) is 0 Å². The molecule has 0 fully saturated rings. The molecule has 6 heteroatoms. The minimum absolute atomic E-state index is 0.368. The summed E-state index contributed by atoms with van der Waals surface area (Å²) in [6.45, 7) is 0. The maximum absolute atomic E-state index is 11.2. The lowest BCUT2D eigenvalue weighted by Crippen LogP contribution is -2.05. The molecule has 0 atom stereocenters. The molecule has 0 saturated heterocycles. The van der Waals surface area contributed by atoms with E-state index in [1.54, 1.807) is 24.7 Å². The van der Waals surface area contributed by atoms with Crippen molar-refractivity contribution in [1.29, 1.82) is 0 Å². The van der Waals surface area contributed by atoms with Crippen LogP contribution in [-0.2, 0) is 4.74 Å². The molecule has 0 radical (unpaired) electrons. The van der Waals surface area contributed by atoms with Gasteiger partial charge in [-0.25, -0.2) is 4.79 Å². The number of carbonyl (C=O) groups is 1. The van der Waals surface area contributed by atoms with Crippen LogP contribution in [0.1, 0.15) is 10.4 Å². The fourth-order valence-electron chi connectivity index (χ4n) is 1.12. The van der Waals surface area contributed by atoms with Crippen LogP contribution >= 0.6 is 0 Å². The lowest BCUT2D eigenvalue weighted by Gasteiger charge is -2.01. The minimum atomic E-state index is -0.434. The van der Waals surface area contributed by atoms with Gasteiger partial charge in [-0.05, 0) is 6.07 Å². The molecule has 0 saturated carbocycles. The van der Waals surface area contributed by atoms with Gasteiger partial charge in [0.15, 0.2) is 0 Å². The van der Waals surface area contributed by atoms with E-state index < -0.39 is 5.97 Å². The van der Waals surface area contributed by atoms with Crippen molar-refractivity contribution in [3.05, 3.63) is 36.4 Å². The van der Waals surface area contributed by atoms with E-state index in [-0.39, 0.29) is 0 Å². The Morgan fingerprint density at radius 1 is 1.33 bits per heavy atom. The van der Waals surface area contributed by atoms with Crippen molar-refractivity contribution in [3.63, 3.8) is 0 Å². The van der Waals surface area contributed by atoms with Crippen LogP contribution in [0.5, 0.6) is 0 Å². The summed E-state index contributed by atoms with van der Waals surface area (Å²) in [4.78, 5) is 16.5. The molecule has 0 aromatic carbocycles. The number of hydrogen-bond donors (Lipinski definition) is 0. The van der Waals surface area contributed by atoms with Crippen LogP contribution in [-0.4, -0.2) is 33.1 Å². The first-order chi connectivity index (χ1) is 7.31. The number of nitrogens with zero attached hydrogens (tertiary/aromatic N) is 4. The van der Waals surface area contributed by atoms with Gasteiger partial charge in [0.1, 0.15) is 5.69 Å². The van der Waals surface area contributed by atoms with Crippen molar-refractivity contribution in [1.82, 2.24) is 20.0 Å². The lowest BCUT2D eigenvalue weighted by atomic mass is 10.3. The molecule has 0 aliphatic carbocycles. The average molecular weight is 204 g/mol. The normalized spacial score (nSPS) is 9.93. The molecular weight excluding hydrogens is 196 g/mol. The summed E-state index contributed by atoms with van der Waals surface area (Å²) < 4.78 is 4.58. The number of aromatic nitrogens is 4. The van der Waals surface area contributed by atoms with Crippen LogP contribution in [0.4, 0.5) is 0 Å². The van der Waals surface area contributed by atoms with Crippen LogP contribution in [0, 0.1) is 0 Å². The second kappa shape index (κ2) is 3.87. The molecule has 2 aromatic heterocycles. The van der Waals surface area contributed by atoms with Crippen LogP contribution in [0.3, 0.4) is 0 Å². The second-order valence-electron chi connectivity index (χ2n) is 2.74. The van der Waals surface area contributed by atoms with Crippen molar-refractivity contribution >= 4 is 5.97 Å². The predicted octanol–water partition coefficient (Wildman–Crippen LogP) is 0.449. The van der Waals surface area contributed by atoms with Crippen molar-refractivity contribution in [2.24, 2.45) is 0 Å². The minimum Gasteiger partial charge on any atom is -0.465 e. The van der Waals surface area contributed by atoms with Crippen LogP contribution in [0.2, 0.25) is 0 Å². The summed E-state index contributed by atoms with van der Waals surface area (Å²) in [7, 11) is 1.32.